The Balaban J connectivity index is 3.66. The minimum atomic E-state index is -0.442. The number of unbranched alkanes of at least 4 members (excludes halogenated alkanes) is 6. The molecule has 0 saturated heterocycles. The second-order valence-corrected chi connectivity index (χ2v) is 8.57. The summed E-state index contributed by atoms with van der Waals surface area (Å²) in [4.78, 5) is 33.8. The number of allylic oxidation sites excluding steroid dienone is 1. The Kier molecular flexibility index (Phi) is 14.6. The first kappa shape index (κ1) is 26.5. The maximum absolute atomic E-state index is 11.8. The van der Waals surface area contributed by atoms with Crippen LogP contribution in [0, 0.1) is 5.92 Å². The average molecular weight is 397 g/mol. The lowest BCUT2D eigenvalue weighted by Gasteiger charge is -2.20. The van der Waals surface area contributed by atoms with Crippen LogP contribution in [0.1, 0.15) is 91.9 Å². The highest BCUT2D eigenvalue weighted by atomic mass is 16.6. The molecule has 0 radical (unpaired) electrons. The first-order valence-corrected chi connectivity index (χ1v) is 10.6. The van der Waals surface area contributed by atoms with Crippen LogP contribution in [0.5, 0.6) is 0 Å². The molecule has 5 nitrogen and oxygen atoms in total. The van der Waals surface area contributed by atoms with Gasteiger partial charge in [-0.15, -0.1) is 0 Å². The molecule has 0 rings (SSSR count). The highest BCUT2D eigenvalue weighted by Crippen LogP contribution is 2.18. The van der Waals surface area contributed by atoms with E-state index < -0.39 is 11.7 Å². The zero-order chi connectivity index (χ0) is 21.4. The van der Waals surface area contributed by atoms with Crippen LogP contribution in [0.15, 0.2) is 12.2 Å². The van der Waals surface area contributed by atoms with Gasteiger partial charge in [0, 0.05) is 13.5 Å². The van der Waals surface area contributed by atoms with Gasteiger partial charge in [0.25, 0.3) is 0 Å². The largest absolute Gasteiger partial charge is 0.460 e. The molecule has 2 atom stereocenters. The summed E-state index contributed by atoms with van der Waals surface area (Å²) in [5, 5.41) is 0. The molecule has 0 spiro atoms. The number of aldehydes is 1. The van der Waals surface area contributed by atoms with Crippen molar-refractivity contribution in [3.8, 4) is 0 Å². The van der Waals surface area contributed by atoms with Crippen molar-refractivity contribution in [2.45, 2.75) is 104 Å². The molecule has 0 aromatic rings. The van der Waals surface area contributed by atoms with E-state index in [1.165, 1.54) is 38.5 Å². The lowest BCUT2D eigenvalue weighted by Crippen LogP contribution is -2.24. The minimum absolute atomic E-state index is 0.102. The van der Waals surface area contributed by atoms with Crippen molar-refractivity contribution in [3.63, 3.8) is 0 Å². The standard InChI is InChI=1S/C23H40O5/c1-19(18-22(26)28-23(2,3)4)14-11-9-7-6-8-10-12-16-21(27-5)20(25)15-13-17-24/h13,15,17,19,21H,6-12,14,16,18H2,1-5H3/b15-13+/t19-,21?/m1/s1. The van der Waals surface area contributed by atoms with E-state index in [1.807, 2.05) is 20.8 Å². The zero-order valence-corrected chi connectivity index (χ0v) is 18.5. The number of ether oxygens (including phenoxy) is 2. The summed E-state index contributed by atoms with van der Waals surface area (Å²) in [7, 11) is 1.53. The molecule has 0 saturated carbocycles. The maximum Gasteiger partial charge on any atom is 0.306 e. The lowest BCUT2D eigenvalue weighted by molar-refractivity contribution is -0.155. The SMILES string of the molecule is COC(CCCCCCCCC[C@@H](C)CC(=O)OC(C)(C)C)C(=O)/C=C/C=O. The van der Waals surface area contributed by atoms with Crippen LogP contribution in [0.25, 0.3) is 0 Å². The predicted molar refractivity (Wildman–Crippen MR) is 112 cm³/mol. The normalized spacial score (nSPS) is 14.0. The maximum atomic E-state index is 11.8. The van der Waals surface area contributed by atoms with Crippen LogP contribution >= 0.6 is 0 Å². The quantitative estimate of drug-likeness (QED) is 0.155. The lowest BCUT2D eigenvalue weighted by atomic mass is 9.98. The van der Waals surface area contributed by atoms with Crippen LogP contribution in [-0.4, -0.2) is 36.9 Å². The van der Waals surface area contributed by atoms with Gasteiger partial charge in [-0.25, -0.2) is 0 Å². The van der Waals surface area contributed by atoms with Crippen molar-refractivity contribution in [3.05, 3.63) is 12.2 Å². The molecule has 0 amide bonds. The number of hydrogen-bond donors (Lipinski definition) is 0. The molecule has 28 heavy (non-hydrogen) atoms. The number of rotatable bonds is 16. The van der Waals surface area contributed by atoms with Crippen LogP contribution in [0.4, 0.5) is 0 Å². The predicted octanol–water partition coefficient (Wildman–Crippen LogP) is 5.20. The fourth-order valence-corrected chi connectivity index (χ4v) is 3.09. The molecule has 162 valence electrons. The molecule has 0 heterocycles. The van der Waals surface area contributed by atoms with E-state index in [2.05, 4.69) is 6.92 Å². The summed E-state index contributed by atoms with van der Waals surface area (Å²) in [6.45, 7) is 7.80. The topological polar surface area (TPSA) is 69.7 Å². The third-order valence-electron chi connectivity index (χ3n) is 4.54. The van der Waals surface area contributed by atoms with E-state index in [-0.39, 0.29) is 11.8 Å². The molecule has 0 fully saturated rings. The number of ketones is 1. The van der Waals surface area contributed by atoms with E-state index in [1.54, 1.807) is 0 Å². The van der Waals surface area contributed by atoms with Gasteiger partial charge >= 0.3 is 5.97 Å². The van der Waals surface area contributed by atoms with Crippen LogP contribution in [-0.2, 0) is 23.9 Å². The Morgan fingerprint density at radius 2 is 1.46 bits per heavy atom. The Morgan fingerprint density at radius 3 is 1.96 bits per heavy atom. The van der Waals surface area contributed by atoms with Gasteiger partial charge in [0.2, 0.25) is 0 Å². The van der Waals surface area contributed by atoms with Crippen LogP contribution in [0.2, 0.25) is 0 Å². The molecule has 0 aromatic carbocycles. The summed E-state index contributed by atoms with van der Waals surface area (Å²) in [5.41, 5.74) is -0.403. The van der Waals surface area contributed by atoms with Crippen LogP contribution < -0.4 is 0 Å². The fourth-order valence-electron chi connectivity index (χ4n) is 3.09. The first-order valence-electron chi connectivity index (χ1n) is 10.6. The second-order valence-electron chi connectivity index (χ2n) is 8.57. The van der Waals surface area contributed by atoms with E-state index >= 15 is 0 Å². The molecule has 0 bridgehead atoms. The van der Waals surface area contributed by atoms with E-state index in [4.69, 9.17) is 9.47 Å². The molecule has 5 heteroatoms. The van der Waals surface area contributed by atoms with Crippen molar-refractivity contribution in [2.75, 3.05) is 7.11 Å². The molecule has 0 aromatic heterocycles. The smallest absolute Gasteiger partial charge is 0.306 e. The zero-order valence-electron chi connectivity index (χ0n) is 18.5. The molecular weight excluding hydrogens is 356 g/mol. The third kappa shape index (κ3) is 15.6. The molecule has 0 N–H and O–H groups in total. The van der Waals surface area contributed by atoms with E-state index in [0.29, 0.717) is 25.0 Å². The van der Waals surface area contributed by atoms with Crippen molar-refractivity contribution in [1.82, 2.24) is 0 Å². The van der Waals surface area contributed by atoms with Crippen LogP contribution in [0.3, 0.4) is 0 Å². The van der Waals surface area contributed by atoms with Gasteiger partial charge in [-0.1, -0.05) is 58.3 Å². The third-order valence-corrected chi connectivity index (χ3v) is 4.54. The first-order chi connectivity index (χ1) is 13.2. The molecular formula is C23H40O5. The van der Waals surface area contributed by atoms with Gasteiger partial charge in [0.05, 0.1) is 0 Å². The van der Waals surface area contributed by atoms with E-state index in [0.717, 1.165) is 32.1 Å². The fraction of sp³-hybridized carbons (Fsp3) is 0.783. The summed E-state index contributed by atoms with van der Waals surface area (Å²) >= 11 is 0. The second kappa shape index (κ2) is 15.4. The molecule has 0 aliphatic rings. The van der Waals surface area contributed by atoms with Gasteiger partial charge in [-0.05, 0) is 45.3 Å². The van der Waals surface area contributed by atoms with Crippen molar-refractivity contribution < 1.29 is 23.9 Å². The summed E-state index contributed by atoms with van der Waals surface area (Å²) in [5.74, 6) is 0.122. The van der Waals surface area contributed by atoms with Gasteiger partial charge < -0.3 is 9.47 Å². The number of carbonyl (C=O) groups excluding carboxylic acids is 3. The van der Waals surface area contributed by atoms with Gasteiger partial charge in [0.1, 0.15) is 18.0 Å². The Bertz CT molecular complexity index is 476. The van der Waals surface area contributed by atoms with Gasteiger partial charge in [-0.2, -0.15) is 0 Å². The number of carbonyl (C=O) groups is 3. The number of hydrogen-bond acceptors (Lipinski definition) is 5. The summed E-state index contributed by atoms with van der Waals surface area (Å²) in [6.07, 6.45) is 12.8. The molecule has 1 unspecified atom stereocenters. The van der Waals surface area contributed by atoms with Gasteiger partial charge in [-0.3, -0.25) is 14.4 Å². The average Bonchev–Trinajstić information content (AvgIpc) is 2.59. The van der Waals surface area contributed by atoms with E-state index in [9.17, 15) is 14.4 Å². The Hall–Kier alpha value is -1.49. The summed E-state index contributed by atoms with van der Waals surface area (Å²) < 4.78 is 10.6. The highest BCUT2D eigenvalue weighted by Gasteiger charge is 2.18. The number of esters is 1. The summed E-state index contributed by atoms with van der Waals surface area (Å²) in [6, 6.07) is 0. The Labute approximate surface area is 171 Å². The number of methoxy groups -OCH3 is 1. The van der Waals surface area contributed by atoms with Crippen molar-refractivity contribution >= 4 is 18.0 Å². The highest BCUT2D eigenvalue weighted by molar-refractivity contribution is 5.95. The Morgan fingerprint density at radius 1 is 0.929 bits per heavy atom. The minimum Gasteiger partial charge on any atom is -0.460 e. The van der Waals surface area contributed by atoms with Gasteiger partial charge in [0.15, 0.2) is 5.78 Å². The van der Waals surface area contributed by atoms with Crippen molar-refractivity contribution in [1.29, 1.82) is 0 Å². The van der Waals surface area contributed by atoms with Crippen molar-refractivity contribution in [2.24, 2.45) is 5.92 Å². The monoisotopic (exact) mass is 396 g/mol. The molecule has 0 aliphatic carbocycles. The molecule has 0 aliphatic heterocycles.